The maximum absolute atomic E-state index is 6.27. The number of oxazole rings is 3. The second-order valence-corrected chi connectivity index (χ2v) is 8.48. The molecular formula is C22H20N6O3. The Labute approximate surface area is 175 Å². The minimum Gasteiger partial charge on any atom is -0.427 e. The van der Waals surface area contributed by atoms with E-state index in [1.807, 2.05) is 25.5 Å². The van der Waals surface area contributed by atoms with Crippen LogP contribution in [0, 0.1) is 20.8 Å². The summed E-state index contributed by atoms with van der Waals surface area (Å²) in [7, 11) is 1.95. The lowest BCUT2D eigenvalue weighted by Crippen LogP contribution is -1.93. The van der Waals surface area contributed by atoms with E-state index < -0.39 is 0 Å². The molecule has 1 saturated carbocycles. The number of hydrogen-bond donors (Lipinski definition) is 1. The lowest BCUT2D eigenvalue weighted by atomic mass is 10.2. The molecule has 6 heterocycles. The molecule has 156 valence electrons. The summed E-state index contributed by atoms with van der Waals surface area (Å²) in [6.07, 6.45) is 5.96. The van der Waals surface area contributed by atoms with Crippen LogP contribution in [0.3, 0.4) is 0 Å². The summed E-state index contributed by atoms with van der Waals surface area (Å²) < 4.78 is 22.0. The summed E-state index contributed by atoms with van der Waals surface area (Å²) in [6.45, 7) is 6.07. The number of aryl methyl sites for hydroxylation is 4. The van der Waals surface area contributed by atoms with E-state index in [-0.39, 0.29) is 0 Å². The molecular weight excluding hydrogens is 396 g/mol. The van der Waals surface area contributed by atoms with E-state index in [0.29, 0.717) is 29.3 Å². The van der Waals surface area contributed by atoms with Crippen molar-refractivity contribution < 1.29 is 13.3 Å². The number of hydrogen-bond acceptors (Lipinski definition) is 6. The van der Waals surface area contributed by atoms with Gasteiger partial charge in [-0.2, -0.15) is 0 Å². The molecule has 1 aliphatic rings. The van der Waals surface area contributed by atoms with Crippen LogP contribution in [0.15, 0.2) is 25.8 Å². The summed E-state index contributed by atoms with van der Waals surface area (Å²) in [6, 6.07) is 0.533. The van der Waals surface area contributed by atoms with Crippen molar-refractivity contribution in [2.24, 2.45) is 7.05 Å². The van der Waals surface area contributed by atoms with Crippen molar-refractivity contribution in [3.8, 4) is 23.2 Å². The predicted octanol–water partition coefficient (Wildman–Crippen LogP) is 5.17. The molecule has 0 radical (unpaired) electrons. The third-order valence-electron chi connectivity index (χ3n) is 6.40. The third-order valence-corrected chi connectivity index (χ3v) is 6.40. The molecule has 1 fully saturated rings. The van der Waals surface area contributed by atoms with Gasteiger partial charge in [0.15, 0.2) is 6.39 Å². The number of aromatic amines is 1. The predicted molar refractivity (Wildman–Crippen MR) is 114 cm³/mol. The van der Waals surface area contributed by atoms with Crippen LogP contribution in [-0.4, -0.2) is 29.1 Å². The van der Waals surface area contributed by atoms with Gasteiger partial charge in [-0.3, -0.25) is 0 Å². The Morgan fingerprint density at radius 1 is 0.968 bits per heavy atom. The Morgan fingerprint density at radius 2 is 1.74 bits per heavy atom. The Hall–Kier alpha value is -3.75. The van der Waals surface area contributed by atoms with Gasteiger partial charge in [0.05, 0.1) is 0 Å². The summed E-state index contributed by atoms with van der Waals surface area (Å²) >= 11 is 0. The molecule has 7 rings (SSSR count). The molecule has 1 N–H and O–H groups in total. The van der Waals surface area contributed by atoms with Crippen LogP contribution in [0.4, 0.5) is 0 Å². The Kier molecular flexibility index (Phi) is 3.00. The van der Waals surface area contributed by atoms with E-state index in [2.05, 4.69) is 27.7 Å². The highest BCUT2D eigenvalue weighted by Gasteiger charge is 2.30. The molecule has 0 aliphatic heterocycles. The molecule has 0 saturated heterocycles. The molecule has 0 atom stereocenters. The zero-order valence-electron chi connectivity index (χ0n) is 17.6. The smallest absolute Gasteiger partial charge is 0.246 e. The first-order valence-electron chi connectivity index (χ1n) is 10.4. The Balaban J connectivity index is 1.39. The Morgan fingerprint density at radius 3 is 2.48 bits per heavy atom. The normalized spacial score (nSPS) is 14.7. The summed E-state index contributed by atoms with van der Waals surface area (Å²) in [5.41, 5.74) is 9.33. The van der Waals surface area contributed by atoms with Crippen LogP contribution >= 0.6 is 0 Å². The van der Waals surface area contributed by atoms with Crippen LogP contribution in [0.25, 0.3) is 56.9 Å². The molecule has 9 nitrogen and oxygen atoms in total. The van der Waals surface area contributed by atoms with Gasteiger partial charge in [0, 0.05) is 30.4 Å². The van der Waals surface area contributed by atoms with Gasteiger partial charge in [-0.05, 0) is 39.2 Å². The van der Waals surface area contributed by atoms with Crippen LogP contribution < -0.4 is 0 Å². The average molecular weight is 416 g/mol. The van der Waals surface area contributed by atoms with Gasteiger partial charge >= 0.3 is 0 Å². The average Bonchev–Trinajstić information content (AvgIpc) is 3.17. The van der Waals surface area contributed by atoms with Gasteiger partial charge < -0.3 is 27.4 Å². The molecule has 0 spiro atoms. The first-order valence-corrected chi connectivity index (χ1v) is 10.4. The third kappa shape index (κ3) is 2.12. The van der Waals surface area contributed by atoms with Crippen molar-refractivity contribution in [3.05, 3.63) is 29.3 Å². The fourth-order valence-corrected chi connectivity index (χ4v) is 4.60. The van der Waals surface area contributed by atoms with Gasteiger partial charge in [0.25, 0.3) is 0 Å². The molecule has 0 bridgehead atoms. The number of fused-ring (bicyclic) bond motifs is 3. The summed E-state index contributed by atoms with van der Waals surface area (Å²) in [4.78, 5) is 17.1. The van der Waals surface area contributed by atoms with E-state index in [9.17, 15) is 0 Å². The second-order valence-electron chi connectivity index (χ2n) is 8.48. The van der Waals surface area contributed by atoms with E-state index in [1.54, 1.807) is 0 Å². The second kappa shape index (κ2) is 5.48. The fraction of sp³-hybridized carbons (Fsp3) is 0.318. The lowest BCUT2D eigenvalue weighted by Gasteiger charge is -2.02. The number of nitrogens with one attached hydrogen (secondary N) is 1. The van der Waals surface area contributed by atoms with Crippen LogP contribution in [0.1, 0.15) is 35.6 Å². The number of nitrogens with zero attached hydrogens (tertiary/aromatic N) is 5. The molecule has 0 amide bonds. The SMILES string of the molecule is Cc1c(-c2nc3c(C)c(-c4nc5c(C)cn(C6CC6)c5o4)n(C)c3o2)[nH]c2ocnc12. The number of H-pyrrole nitrogens is 1. The van der Waals surface area contributed by atoms with Crippen LogP contribution in [0.5, 0.6) is 0 Å². The summed E-state index contributed by atoms with van der Waals surface area (Å²) in [5.74, 6) is 1.10. The highest BCUT2D eigenvalue weighted by molar-refractivity contribution is 5.88. The van der Waals surface area contributed by atoms with Crippen molar-refractivity contribution in [2.45, 2.75) is 39.7 Å². The van der Waals surface area contributed by atoms with Crippen molar-refractivity contribution in [3.63, 3.8) is 0 Å². The first kappa shape index (κ1) is 17.0. The van der Waals surface area contributed by atoms with Crippen molar-refractivity contribution in [1.82, 2.24) is 29.1 Å². The molecule has 1 aliphatic carbocycles. The largest absolute Gasteiger partial charge is 0.427 e. The molecule has 0 aromatic carbocycles. The highest BCUT2D eigenvalue weighted by Crippen LogP contribution is 2.41. The van der Waals surface area contributed by atoms with Gasteiger partial charge in [-0.25, -0.2) is 15.0 Å². The van der Waals surface area contributed by atoms with E-state index >= 15 is 0 Å². The zero-order valence-corrected chi connectivity index (χ0v) is 17.6. The monoisotopic (exact) mass is 416 g/mol. The quantitative estimate of drug-likeness (QED) is 0.427. The van der Waals surface area contributed by atoms with Gasteiger partial charge in [0.2, 0.25) is 28.9 Å². The standard InChI is InChI=1S/C22H20N6O3/c1-9-7-28(12-5-6-12)22-13(9)24-20(31-22)17-11(3)16-21(27(17)4)30-19(26-16)15-10(2)14-18(25-15)29-8-23-14/h7-8,12,25H,5-6H2,1-4H3. The molecule has 9 heteroatoms. The van der Waals surface area contributed by atoms with Crippen LogP contribution in [0.2, 0.25) is 0 Å². The number of rotatable bonds is 3. The topological polar surface area (TPSA) is 104 Å². The van der Waals surface area contributed by atoms with Crippen LogP contribution in [-0.2, 0) is 7.05 Å². The van der Waals surface area contributed by atoms with Gasteiger partial charge in [-0.1, -0.05) is 0 Å². The lowest BCUT2D eigenvalue weighted by molar-refractivity contribution is 0.558. The van der Waals surface area contributed by atoms with Crippen molar-refractivity contribution >= 4 is 33.7 Å². The zero-order chi connectivity index (χ0) is 21.0. The van der Waals surface area contributed by atoms with E-state index in [0.717, 1.165) is 50.3 Å². The van der Waals surface area contributed by atoms with E-state index in [4.69, 9.17) is 23.2 Å². The minimum atomic E-state index is 0.509. The Bertz CT molecular complexity index is 1610. The maximum Gasteiger partial charge on any atom is 0.246 e. The minimum absolute atomic E-state index is 0.509. The van der Waals surface area contributed by atoms with Gasteiger partial charge in [-0.15, -0.1) is 0 Å². The fourth-order valence-electron chi connectivity index (χ4n) is 4.60. The molecule has 6 aromatic rings. The molecule has 6 aromatic heterocycles. The summed E-state index contributed by atoms with van der Waals surface area (Å²) in [5, 5.41) is 0. The van der Waals surface area contributed by atoms with E-state index in [1.165, 1.54) is 19.2 Å². The number of aromatic nitrogens is 6. The maximum atomic E-state index is 6.27. The van der Waals surface area contributed by atoms with Crippen molar-refractivity contribution in [2.75, 3.05) is 0 Å². The van der Waals surface area contributed by atoms with Crippen molar-refractivity contribution in [1.29, 1.82) is 0 Å². The molecule has 31 heavy (non-hydrogen) atoms. The van der Waals surface area contributed by atoms with Gasteiger partial charge in [0.1, 0.15) is 27.9 Å². The molecule has 0 unspecified atom stereocenters. The first-order chi connectivity index (χ1) is 15.0. The highest BCUT2D eigenvalue weighted by atomic mass is 16.4.